The molecule has 18 heavy (non-hydrogen) atoms. The second-order valence-electron chi connectivity index (χ2n) is 5.29. The molecule has 0 amide bonds. The summed E-state index contributed by atoms with van der Waals surface area (Å²) in [6.45, 7) is 8.74. The zero-order valence-corrected chi connectivity index (χ0v) is 11.8. The number of rotatable bonds is 5. The van der Waals surface area contributed by atoms with Crippen LogP contribution in [-0.4, -0.2) is 47.5 Å². The third-order valence-corrected chi connectivity index (χ3v) is 4.00. The van der Waals surface area contributed by atoms with Gasteiger partial charge in [0.1, 0.15) is 0 Å². The van der Waals surface area contributed by atoms with Crippen LogP contribution in [0.3, 0.4) is 0 Å². The van der Waals surface area contributed by atoms with Crippen LogP contribution in [0.1, 0.15) is 25.8 Å². The molecular weight excluding hydrogens is 226 g/mol. The van der Waals surface area contributed by atoms with Gasteiger partial charge in [-0.15, -0.1) is 0 Å². The Morgan fingerprint density at radius 2 is 2.33 bits per heavy atom. The fraction of sp³-hybridized carbons (Fsp3) is 0.786. The van der Waals surface area contributed by atoms with Crippen LogP contribution in [0.4, 0.5) is 0 Å². The molecule has 0 radical (unpaired) electrons. The number of hydrogen-bond donors (Lipinski definition) is 0. The molecule has 0 saturated carbocycles. The maximum atomic E-state index is 5.55. The third kappa shape index (κ3) is 3.33. The number of methoxy groups -OCH3 is 1. The van der Waals surface area contributed by atoms with Gasteiger partial charge in [0.05, 0.1) is 12.3 Å². The Hall–Kier alpha value is -0.870. The lowest BCUT2D eigenvalue weighted by Crippen LogP contribution is -2.44. The largest absolute Gasteiger partial charge is 0.380 e. The summed E-state index contributed by atoms with van der Waals surface area (Å²) < 4.78 is 7.54. The van der Waals surface area contributed by atoms with Crippen molar-refractivity contribution < 1.29 is 4.74 Å². The summed E-state index contributed by atoms with van der Waals surface area (Å²) in [6.07, 6.45) is 6.87. The number of aromatic nitrogens is 2. The Morgan fingerprint density at radius 3 is 3.00 bits per heavy atom. The molecule has 1 fully saturated rings. The first kappa shape index (κ1) is 13.6. The van der Waals surface area contributed by atoms with E-state index in [0.717, 1.165) is 26.1 Å². The Morgan fingerprint density at radius 1 is 1.50 bits per heavy atom. The number of nitrogens with zero attached hydrogens (tertiary/aromatic N) is 3. The second-order valence-corrected chi connectivity index (χ2v) is 5.29. The van der Waals surface area contributed by atoms with Crippen molar-refractivity contribution in [1.82, 2.24) is 14.7 Å². The quantitative estimate of drug-likeness (QED) is 0.799. The molecule has 1 aliphatic heterocycles. The van der Waals surface area contributed by atoms with Gasteiger partial charge in [0, 0.05) is 32.9 Å². The smallest absolute Gasteiger partial charge is 0.0724 e. The van der Waals surface area contributed by atoms with E-state index in [-0.39, 0.29) is 0 Å². The zero-order chi connectivity index (χ0) is 13.0. The van der Waals surface area contributed by atoms with Crippen LogP contribution in [0.15, 0.2) is 12.4 Å². The van der Waals surface area contributed by atoms with Crippen LogP contribution >= 0.6 is 0 Å². The lowest BCUT2D eigenvalue weighted by molar-refractivity contribution is -0.00447. The highest BCUT2D eigenvalue weighted by Gasteiger charge is 2.25. The maximum absolute atomic E-state index is 5.55. The standard InChI is InChI=1S/C14H25N3O/c1-4-17-10-13(9-15-17)6-8-16-7-5-12(2)14(11-16)18-3/h9-10,12,14H,4-8,11H2,1-3H3/t12-,14-/m0/s1. The topological polar surface area (TPSA) is 30.3 Å². The van der Waals surface area contributed by atoms with Crippen molar-refractivity contribution in [2.45, 2.75) is 39.3 Å². The summed E-state index contributed by atoms with van der Waals surface area (Å²) in [5.41, 5.74) is 1.34. The van der Waals surface area contributed by atoms with E-state index in [1.54, 1.807) is 0 Å². The van der Waals surface area contributed by atoms with E-state index >= 15 is 0 Å². The van der Waals surface area contributed by atoms with Gasteiger partial charge >= 0.3 is 0 Å². The molecule has 1 aromatic heterocycles. The van der Waals surface area contributed by atoms with E-state index in [4.69, 9.17) is 4.74 Å². The molecule has 0 unspecified atom stereocenters. The number of ether oxygens (including phenoxy) is 1. The summed E-state index contributed by atoms with van der Waals surface area (Å²) >= 11 is 0. The molecule has 2 rings (SSSR count). The van der Waals surface area contributed by atoms with Crippen molar-refractivity contribution >= 4 is 0 Å². The van der Waals surface area contributed by atoms with Crippen molar-refractivity contribution in [3.63, 3.8) is 0 Å². The Bertz CT molecular complexity index is 364. The van der Waals surface area contributed by atoms with Crippen molar-refractivity contribution in [2.75, 3.05) is 26.7 Å². The minimum Gasteiger partial charge on any atom is -0.380 e. The second kappa shape index (κ2) is 6.34. The maximum Gasteiger partial charge on any atom is 0.0724 e. The van der Waals surface area contributed by atoms with Crippen molar-refractivity contribution in [3.8, 4) is 0 Å². The predicted molar refractivity (Wildman–Crippen MR) is 72.6 cm³/mol. The summed E-state index contributed by atoms with van der Waals surface area (Å²) in [6, 6.07) is 0. The molecule has 2 heterocycles. The molecule has 0 aliphatic carbocycles. The molecule has 1 aliphatic rings. The van der Waals surface area contributed by atoms with E-state index in [9.17, 15) is 0 Å². The molecule has 0 spiro atoms. The first-order valence-corrected chi connectivity index (χ1v) is 6.99. The SMILES string of the molecule is CCn1cc(CCN2CC[C@H](C)[C@@H](OC)C2)cn1. The van der Waals surface area contributed by atoms with Gasteiger partial charge in [-0.2, -0.15) is 5.10 Å². The van der Waals surface area contributed by atoms with Gasteiger partial charge in [0.2, 0.25) is 0 Å². The summed E-state index contributed by atoms with van der Waals surface area (Å²) in [7, 11) is 1.83. The van der Waals surface area contributed by atoms with E-state index < -0.39 is 0 Å². The van der Waals surface area contributed by atoms with Gasteiger partial charge in [-0.25, -0.2) is 0 Å². The molecule has 0 N–H and O–H groups in total. The fourth-order valence-corrected chi connectivity index (χ4v) is 2.60. The number of hydrogen-bond acceptors (Lipinski definition) is 3. The first-order chi connectivity index (χ1) is 8.72. The molecule has 1 saturated heterocycles. The van der Waals surface area contributed by atoms with E-state index in [1.165, 1.54) is 18.5 Å². The molecule has 0 aromatic carbocycles. The molecule has 4 heteroatoms. The average molecular weight is 251 g/mol. The third-order valence-electron chi connectivity index (χ3n) is 4.00. The molecule has 0 bridgehead atoms. The molecule has 1 aromatic rings. The van der Waals surface area contributed by atoms with E-state index in [2.05, 4.69) is 30.0 Å². The van der Waals surface area contributed by atoms with Crippen molar-refractivity contribution in [3.05, 3.63) is 18.0 Å². The summed E-state index contributed by atoms with van der Waals surface area (Å²) in [5.74, 6) is 0.689. The molecule has 4 nitrogen and oxygen atoms in total. The van der Waals surface area contributed by atoms with Crippen LogP contribution in [0.5, 0.6) is 0 Å². The normalized spacial score (nSPS) is 25.5. The van der Waals surface area contributed by atoms with Crippen LogP contribution in [0, 0.1) is 5.92 Å². The first-order valence-electron chi connectivity index (χ1n) is 6.99. The Kier molecular flexibility index (Phi) is 4.78. The van der Waals surface area contributed by atoms with Crippen molar-refractivity contribution in [2.24, 2.45) is 5.92 Å². The van der Waals surface area contributed by atoms with Crippen LogP contribution in [0.2, 0.25) is 0 Å². The Balaban J connectivity index is 1.79. The minimum atomic E-state index is 0.400. The molecule has 2 atom stereocenters. The van der Waals surface area contributed by atoms with Gasteiger partial charge in [-0.3, -0.25) is 4.68 Å². The predicted octanol–water partition coefficient (Wildman–Crippen LogP) is 1.80. The van der Waals surface area contributed by atoms with Gasteiger partial charge in [-0.1, -0.05) is 6.92 Å². The van der Waals surface area contributed by atoms with Gasteiger partial charge < -0.3 is 9.64 Å². The van der Waals surface area contributed by atoms with Gasteiger partial charge in [0.15, 0.2) is 0 Å². The van der Waals surface area contributed by atoms with E-state index in [1.807, 2.05) is 18.0 Å². The highest BCUT2D eigenvalue weighted by molar-refractivity contribution is 5.04. The van der Waals surface area contributed by atoms with Crippen LogP contribution < -0.4 is 0 Å². The monoisotopic (exact) mass is 251 g/mol. The fourth-order valence-electron chi connectivity index (χ4n) is 2.60. The number of piperidine rings is 1. The number of aryl methyl sites for hydroxylation is 1. The van der Waals surface area contributed by atoms with Crippen molar-refractivity contribution in [1.29, 1.82) is 0 Å². The molecule has 102 valence electrons. The Labute approximate surface area is 110 Å². The number of likely N-dealkylation sites (tertiary alicyclic amines) is 1. The lowest BCUT2D eigenvalue weighted by atomic mass is 9.95. The summed E-state index contributed by atoms with van der Waals surface area (Å²) in [4.78, 5) is 2.51. The van der Waals surface area contributed by atoms with Crippen LogP contribution in [0.25, 0.3) is 0 Å². The highest BCUT2D eigenvalue weighted by Crippen LogP contribution is 2.19. The zero-order valence-electron chi connectivity index (χ0n) is 11.8. The van der Waals surface area contributed by atoms with Gasteiger partial charge in [0.25, 0.3) is 0 Å². The highest BCUT2D eigenvalue weighted by atomic mass is 16.5. The molecular formula is C14H25N3O. The van der Waals surface area contributed by atoms with Gasteiger partial charge in [-0.05, 0) is 37.8 Å². The lowest BCUT2D eigenvalue weighted by Gasteiger charge is -2.36. The van der Waals surface area contributed by atoms with Crippen LogP contribution in [-0.2, 0) is 17.7 Å². The average Bonchev–Trinajstić information content (AvgIpc) is 2.86. The minimum absolute atomic E-state index is 0.400. The summed E-state index contributed by atoms with van der Waals surface area (Å²) in [5, 5.41) is 4.32. The van der Waals surface area contributed by atoms with E-state index in [0.29, 0.717) is 12.0 Å².